The van der Waals surface area contributed by atoms with Gasteiger partial charge in [-0.1, -0.05) is 18.7 Å². The zero-order valence-corrected chi connectivity index (χ0v) is 10.0. The number of ether oxygens (including phenoxy) is 1. The van der Waals surface area contributed by atoms with Crippen LogP contribution in [-0.2, 0) is 9.53 Å². The van der Waals surface area contributed by atoms with Crippen molar-refractivity contribution in [3.8, 4) is 0 Å². The van der Waals surface area contributed by atoms with E-state index in [4.69, 9.17) is 0 Å². The molecule has 0 atom stereocenters. The van der Waals surface area contributed by atoms with Crippen LogP contribution >= 0.6 is 11.8 Å². The molecule has 0 aliphatic heterocycles. The molecule has 0 aliphatic rings. The first-order valence-corrected chi connectivity index (χ1v) is 5.69. The van der Waals surface area contributed by atoms with Crippen LogP contribution in [0.25, 0.3) is 0 Å². The maximum absolute atomic E-state index is 12.7. The fraction of sp³-hybridized carbons (Fsp3) is 0.250. The molecule has 0 amide bonds. The molecular formula is C12H13FO2S. The topological polar surface area (TPSA) is 26.3 Å². The smallest absolute Gasteiger partial charge is 0.331 e. The van der Waals surface area contributed by atoms with E-state index < -0.39 is 0 Å². The summed E-state index contributed by atoms with van der Waals surface area (Å²) in [4.78, 5) is 12.8. The van der Waals surface area contributed by atoms with Crippen LogP contribution in [0.1, 0.15) is 13.3 Å². The van der Waals surface area contributed by atoms with Crippen molar-refractivity contribution in [1.29, 1.82) is 0 Å². The monoisotopic (exact) mass is 240 g/mol. The third kappa shape index (κ3) is 4.06. The van der Waals surface area contributed by atoms with Gasteiger partial charge in [-0.3, -0.25) is 0 Å². The van der Waals surface area contributed by atoms with Gasteiger partial charge in [-0.05, 0) is 35.6 Å². The van der Waals surface area contributed by atoms with Crippen molar-refractivity contribution >= 4 is 17.7 Å². The lowest BCUT2D eigenvalue weighted by molar-refractivity contribution is -0.134. The molecule has 1 rings (SSSR count). The van der Waals surface area contributed by atoms with Crippen molar-refractivity contribution in [2.75, 3.05) is 7.11 Å². The number of carbonyl (C=O) groups excluding carboxylic acids is 1. The summed E-state index contributed by atoms with van der Waals surface area (Å²) >= 11 is 1.43. The van der Waals surface area contributed by atoms with Gasteiger partial charge >= 0.3 is 5.97 Å². The highest BCUT2D eigenvalue weighted by molar-refractivity contribution is 8.03. The lowest BCUT2D eigenvalue weighted by Crippen LogP contribution is -1.95. The van der Waals surface area contributed by atoms with E-state index in [1.807, 2.05) is 6.92 Å². The Kier molecular flexibility index (Phi) is 5.05. The van der Waals surface area contributed by atoms with Gasteiger partial charge in [-0.15, -0.1) is 0 Å². The predicted octanol–water partition coefficient (Wildman–Crippen LogP) is 3.38. The number of halogens is 1. The van der Waals surface area contributed by atoms with E-state index in [1.165, 1.54) is 37.1 Å². The molecule has 0 spiro atoms. The highest BCUT2D eigenvalue weighted by Gasteiger charge is 2.02. The third-order valence-electron chi connectivity index (χ3n) is 1.89. The number of benzene rings is 1. The normalized spacial score (nSPS) is 11.3. The van der Waals surface area contributed by atoms with Gasteiger partial charge < -0.3 is 4.74 Å². The van der Waals surface area contributed by atoms with Gasteiger partial charge in [0.25, 0.3) is 0 Å². The van der Waals surface area contributed by atoms with Gasteiger partial charge in [0, 0.05) is 11.0 Å². The van der Waals surface area contributed by atoms with E-state index >= 15 is 0 Å². The predicted molar refractivity (Wildman–Crippen MR) is 62.6 cm³/mol. The lowest BCUT2D eigenvalue weighted by atomic mass is 10.3. The van der Waals surface area contributed by atoms with E-state index in [9.17, 15) is 9.18 Å². The summed E-state index contributed by atoms with van der Waals surface area (Å²) in [6.07, 6.45) is 2.19. The average molecular weight is 240 g/mol. The minimum absolute atomic E-state index is 0.264. The first-order chi connectivity index (χ1) is 7.65. The quantitative estimate of drug-likeness (QED) is 0.458. The van der Waals surface area contributed by atoms with Crippen LogP contribution in [0.4, 0.5) is 4.39 Å². The summed E-state index contributed by atoms with van der Waals surface area (Å²) in [6.45, 7) is 1.95. The summed E-state index contributed by atoms with van der Waals surface area (Å²) < 4.78 is 17.2. The van der Waals surface area contributed by atoms with E-state index in [0.29, 0.717) is 0 Å². The number of carbonyl (C=O) groups is 1. The Morgan fingerprint density at radius 2 is 2.06 bits per heavy atom. The molecule has 1 aromatic rings. The van der Waals surface area contributed by atoms with Crippen molar-refractivity contribution in [1.82, 2.24) is 0 Å². The molecule has 0 aromatic heterocycles. The largest absolute Gasteiger partial charge is 0.466 e. The minimum Gasteiger partial charge on any atom is -0.466 e. The summed E-state index contributed by atoms with van der Waals surface area (Å²) in [5.41, 5.74) is 0. The summed E-state index contributed by atoms with van der Waals surface area (Å²) in [6, 6.07) is 6.16. The van der Waals surface area contributed by atoms with Crippen LogP contribution in [0.5, 0.6) is 0 Å². The molecular weight excluding hydrogens is 227 g/mol. The Morgan fingerprint density at radius 1 is 1.44 bits per heavy atom. The lowest BCUT2D eigenvalue weighted by Gasteiger charge is -2.03. The Labute approximate surface area is 98.5 Å². The summed E-state index contributed by atoms with van der Waals surface area (Å²) in [5.74, 6) is -0.634. The first kappa shape index (κ1) is 12.8. The first-order valence-electron chi connectivity index (χ1n) is 4.87. The average Bonchev–Trinajstić information content (AvgIpc) is 2.30. The van der Waals surface area contributed by atoms with Gasteiger partial charge in [-0.25, -0.2) is 9.18 Å². The number of thioether (sulfide) groups is 1. The highest BCUT2D eigenvalue weighted by Crippen LogP contribution is 2.28. The van der Waals surface area contributed by atoms with Crippen LogP contribution in [0.2, 0.25) is 0 Å². The number of rotatable bonds is 4. The van der Waals surface area contributed by atoms with Crippen molar-refractivity contribution in [3.63, 3.8) is 0 Å². The molecule has 0 saturated heterocycles. The van der Waals surface area contributed by atoms with Crippen LogP contribution in [0, 0.1) is 5.82 Å². The Bertz CT molecular complexity index is 385. The van der Waals surface area contributed by atoms with Crippen molar-refractivity contribution in [2.45, 2.75) is 18.2 Å². The Balaban J connectivity index is 2.74. The van der Waals surface area contributed by atoms with Crippen molar-refractivity contribution in [3.05, 3.63) is 41.1 Å². The minimum atomic E-state index is -0.369. The molecule has 4 heteroatoms. The van der Waals surface area contributed by atoms with Crippen molar-refractivity contribution < 1.29 is 13.9 Å². The summed E-state index contributed by atoms with van der Waals surface area (Å²) in [7, 11) is 1.34. The standard InChI is InChI=1S/C12H13FO2S/c1-3-10(8-12(14)15-2)16-11-6-4-9(13)5-7-11/h4-8H,3H2,1-2H3. The van der Waals surface area contributed by atoms with Gasteiger partial charge in [0.1, 0.15) is 5.82 Å². The van der Waals surface area contributed by atoms with Crippen LogP contribution < -0.4 is 0 Å². The number of esters is 1. The number of hydrogen-bond acceptors (Lipinski definition) is 3. The van der Waals surface area contributed by atoms with Crippen LogP contribution in [-0.4, -0.2) is 13.1 Å². The zero-order chi connectivity index (χ0) is 12.0. The molecule has 0 radical (unpaired) electrons. The fourth-order valence-electron chi connectivity index (χ4n) is 1.05. The molecule has 2 nitrogen and oxygen atoms in total. The van der Waals surface area contributed by atoms with Gasteiger partial charge in [0.15, 0.2) is 0 Å². The third-order valence-corrected chi connectivity index (χ3v) is 3.07. The maximum atomic E-state index is 12.7. The molecule has 0 unspecified atom stereocenters. The molecule has 86 valence electrons. The second-order valence-corrected chi connectivity index (χ2v) is 4.24. The number of allylic oxidation sites excluding steroid dienone is 1. The highest BCUT2D eigenvalue weighted by atomic mass is 32.2. The Hall–Kier alpha value is -1.29. The molecule has 1 aromatic carbocycles. The molecule has 0 aliphatic carbocycles. The maximum Gasteiger partial charge on any atom is 0.331 e. The molecule has 0 heterocycles. The number of hydrogen-bond donors (Lipinski definition) is 0. The van der Waals surface area contributed by atoms with Crippen molar-refractivity contribution in [2.24, 2.45) is 0 Å². The van der Waals surface area contributed by atoms with E-state index in [0.717, 1.165) is 16.2 Å². The van der Waals surface area contributed by atoms with Gasteiger partial charge in [0.05, 0.1) is 7.11 Å². The van der Waals surface area contributed by atoms with Crippen LogP contribution in [0.3, 0.4) is 0 Å². The molecule has 0 saturated carbocycles. The van der Waals surface area contributed by atoms with Gasteiger partial charge in [0.2, 0.25) is 0 Å². The zero-order valence-electron chi connectivity index (χ0n) is 9.20. The van der Waals surface area contributed by atoms with Crippen LogP contribution in [0.15, 0.2) is 40.1 Å². The molecule has 16 heavy (non-hydrogen) atoms. The van der Waals surface area contributed by atoms with E-state index in [2.05, 4.69) is 4.74 Å². The molecule has 0 bridgehead atoms. The van der Waals surface area contributed by atoms with E-state index in [-0.39, 0.29) is 11.8 Å². The Morgan fingerprint density at radius 3 is 2.56 bits per heavy atom. The SMILES string of the molecule is CCC(=CC(=O)OC)Sc1ccc(F)cc1. The second kappa shape index (κ2) is 6.33. The fourth-order valence-corrected chi connectivity index (χ4v) is 1.92. The molecule has 0 fully saturated rings. The van der Waals surface area contributed by atoms with Gasteiger partial charge in [-0.2, -0.15) is 0 Å². The summed E-state index contributed by atoms with van der Waals surface area (Å²) in [5, 5.41) is 0. The number of methoxy groups -OCH3 is 1. The van der Waals surface area contributed by atoms with E-state index in [1.54, 1.807) is 12.1 Å². The molecule has 0 N–H and O–H groups in total. The second-order valence-electron chi connectivity index (χ2n) is 3.04.